The molecule has 0 aliphatic heterocycles. The average molecular weight is 270 g/mol. The summed E-state index contributed by atoms with van der Waals surface area (Å²) in [6.45, 7) is 0. The van der Waals surface area contributed by atoms with Gasteiger partial charge < -0.3 is 11.1 Å². The van der Waals surface area contributed by atoms with Crippen LogP contribution in [0.1, 0.15) is 57.8 Å². The molecule has 0 bridgehead atoms. The Morgan fingerprint density at radius 3 is 2.61 bits per heavy atom. The SMILES string of the molecule is CSC1CCCC(NC(=O)C2(N)CCCCC2)C1. The summed E-state index contributed by atoms with van der Waals surface area (Å²) in [5.41, 5.74) is 5.69. The second-order valence-electron chi connectivity index (χ2n) is 5.91. The fourth-order valence-electron chi connectivity index (χ4n) is 3.23. The molecule has 2 saturated carbocycles. The van der Waals surface area contributed by atoms with Crippen molar-refractivity contribution in [3.63, 3.8) is 0 Å². The molecule has 2 aliphatic carbocycles. The lowest BCUT2D eigenvalue weighted by Crippen LogP contribution is -2.57. The van der Waals surface area contributed by atoms with E-state index in [1.54, 1.807) is 0 Å². The first-order valence-electron chi connectivity index (χ1n) is 7.27. The van der Waals surface area contributed by atoms with Crippen LogP contribution in [0.4, 0.5) is 0 Å². The van der Waals surface area contributed by atoms with Crippen LogP contribution in [0.25, 0.3) is 0 Å². The molecule has 2 aliphatic rings. The third-order valence-electron chi connectivity index (χ3n) is 4.49. The minimum Gasteiger partial charge on any atom is -0.352 e. The van der Waals surface area contributed by atoms with Crippen LogP contribution in [-0.2, 0) is 4.79 Å². The van der Waals surface area contributed by atoms with Crippen molar-refractivity contribution in [2.24, 2.45) is 5.73 Å². The van der Waals surface area contributed by atoms with Gasteiger partial charge in [-0.05, 0) is 38.4 Å². The van der Waals surface area contributed by atoms with Crippen molar-refractivity contribution in [3.05, 3.63) is 0 Å². The van der Waals surface area contributed by atoms with Crippen LogP contribution in [0.3, 0.4) is 0 Å². The number of hydrogen-bond donors (Lipinski definition) is 2. The van der Waals surface area contributed by atoms with Crippen molar-refractivity contribution in [2.45, 2.75) is 74.6 Å². The Kier molecular flexibility index (Phi) is 4.96. The molecule has 2 fully saturated rings. The summed E-state index contributed by atoms with van der Waals surface area (Å²) >= 11 is 1.93. The van der Waals surface area contributed by atoms with Gasteiger partial charge in [-0.25, -0.2) is 0 Å². The van der Waals surface area contributed by atoms with E-state index in [0.717, 1.165) is 38.5 Å². The number of hydrogen-bond acceptors (Lipinski definition) is 3. The zero-order valence-electron chi connectivity index (χ0n) is 11.4. The lowest BCUT2D eigenvalue weighted by Gasteiger charge is -2.35. The lowest BCUT2D eigenvalue weighted by atomic mass is 9.81. The minimum atomic E-state index is -0.579. The molecule has 2 atom stereocenters. The van der Waals surface area contributed by atoms with E-state index >= 15 is 0 Å². The summed E-state index contributed by atoms with van der Waals surface area (Å²) in [5, 5.41) is 3.93. The molecule has 2 unspecified atom stereocenters. The fourth-order valence-corrected chi connectivity index (χ4v) is 4.06. The van der Waals surface area contributed by atoms with Gasteiger partial charge in [0.25, 0.3) is 0 Å². The molecule has 18 heavy (non-hydrogen) atoms. The monoisotopic (exact) mass is 270 g/mol. The van der Waals surface area contributed by atoms with E-state index in [4.69, 9.17) is 5.73 Å². The predicted molar refractivity (Wildman–Crippen MR) is 77.7 cm³/mol. The number of carbonyl (C=O) groups excluding carboxylic acids is 1. The Bertz CT molecular complexity index is 290. The van der Waals surface area contributed by atoms with Crippen LogP contribution in [0.5, 0.6) is 0 Å². The van der Waals surface area contributed by atoms with Crippen LogP contribution in [0.2, 0.25) is 0 Å². The van der Waals surface area contributed by atoms with Crippen molar-refractivity contribution >= 4 is 17.7 Å². The smallest absolute Gasteiger partial charge is 0.240 e. The molecule has 4 heteroatoms. The highest BCUT2D eigenvalue weighted by Crippen LogP contribution is 2.29. The van der Waals surface area contributed by atoms with Gasteiger partial charge in [-0.2, -0.15) is 11.8 Å². The van der Waals surface area contributed by atoms with Crippen LogP contribution in [-0.4, -0.2) is 29.0 Å². The van der Waals surface area contributed by atoms with Crippen LogP contribution in [0.15, 0.2) is 0 Å². The van der Waals surface area contributed by atoms with E-state index in [9.17, 15) is 4.79 Å². The quantitative estimate of drug-likeness (QED) is 0.828. The van der Waals surface area contributed by atoms with Crippen molar-refractivity contribution < 1.29 is 4.79 Å². The second kappa shape index (κ2) is 6.29. The number of nitrogens with two attached hydrogens (primary N) is 1. The predicted octanol–water partition coefficient (Wildman–Crippen LogP) is 2.44. The fraction of sp³-hybridized carbons (Fsp3) is 0.929. The molecule has 0 heterocycles. The van der Waals surface area contributed by atoms with E-state index in [1.165, 1.54) is 19.3 Å². The standard InChI is InChI=1S/C14H26N2OS/c1-18-12-7-5-6-11(10-12)16-13(17)14(15)8-3-2-4-9-14/h11-12H,2-10,15H2,1H3,(H,16,17). The van der Waals surface area contributed by atoms with E-state index in [-0.39, 0.29) is 5.91 Å². The average Bonchev–Trinajstić information content (AvgIpc) is 2.40. The summed E-state index contributed by atoms with van der Waals surface area (Å²) in [4.78, 5) is 12.3. The Balaban J connectivity index is 1.86. The maximum absolute atomic E-state index is 12.3. The normalized spacial score (nSPS) is 31.9. The lowest BCUT2D eigenvalue weighted by molar-refractivity contribution is -0.128. The molecule has 0 spiro atoms. The molecule has 104 valence electrons. The van der Waals surface area contributed by atoms with Gasteiger partial charge in [0.2, 0.25) is 5.91 Å². The molecule has 1 amide bonds. The van der Waals surface area contributed by atoms with Crippen LogP contribution in [0, 0.1) is 0 Å². The van der Waals surface area contributed by atoms with Gasteiger partial charge in [0, 0.05) is 11.3 Å². The minimum absolute atomic E-state index is 0.106. The first-order chi connectivity index (χ1) is 8.64. The number of carbonyl (C=O) groups is 1. The summed E-state index contributed by atoms with van der Waals surface area (Å²) in [5.74, 6) is 0.106. The van der Waals surface area contributed by atoms with Crippen molar-refractivity contribution in [3.8, 4) is 0 Å². The highest BCUT2D eigenvalue weighted by atomic mass is 32.2. The Morgan fingerprint density at radius 2 is 1.94 bits per heavy atom. The van der Waals surface area contributed by atoms with E-state index in [1.807, 2.05) is 11.8 Å². The highest BCUT2D eigenvalue weighted by Gasteiger charge is 2.36. The van der Waals surface area contributed by atoms with Crippen LogP contribution < -0.4 is 11.1 Å². The number of thioether (sulfide) groups is 1. The Hall–Kier alpha value is -0.220. The first kappa shape index (κ1) is 14.2. The highest BCUT2D eigenvalue weighted by molar-refractivity contribution is 7.99. The number of nitrogens with one attached hydrogen (secondary N) is 1. The molecule has 0 aromatic heterocycles. The molecule has 0 radical (unpaired) electrons. The van der Waals surface area contributed by atoms with Crippen LogP contribution >= 0.6 is 11.8 Å². The third-order valence-corrected chi connectivity index (χ3v) is 5.59. The van der Waals surface area contributed by atoms with Gasteiger partial charge in [0.15, 0.2) is 0 Å². The van der Waals surface area contributed by atoms with Crippen molar-refractivity contribution in [1.29, 1.82) is 0 Å². The van der Waals surface area contributed by atoms with E-state index in [2.05, 4.69) is 11.6 Å². The molecule has 0 saturated heterocycles. The molecule has 3 nitrogen and oxygen atoms in total. The topological polar surface area (TPSA) is 55.1 Å². The number of amides is 1. The molecule has 0 aromatic rings. The maximum Gasteiger partial charge on any atom is 0.240 e. The summed E-state index contributed by atoms with van der Waals surface area (Å²) in [6.07, 6.45) is 12.1. The first-order valence-corrected chi connectivity index (χ1v) is 8.55. The van der Waals surface area contributed by atoms with Gasteiger partial charge in [0.1, 0.15) is 0 Å². The van der Waals surface area contributed by atoms with E-state index in [0.29, 0.717) is 11.3 Å². The van der Waals surface area contributed by atoms with Gasteiger partial charge in [-0.3, -0.25) is 4.79 Å². The molecular formula is C14H26N2OS. The third kappa shape index (κ3) is 3.41. The Morgan fingerprint density at radius 1 is 1.22 bits per heavy atom. The summed E-state index contributed by atoms with van der Waals surface area (Å²) in [6, 6.07) is 0.353. The zero-order valence-corrected chi connectivity index (χ0v) is 12.2. The maximum atomic E-state index is 12.3. The second-order valence-corrected chi connectivity index (χ2v) is 7.05. The van der Waals surface area contributed by atoms with Crippen molar-refractivity contribution in [2.75, 3.05) is 6.26 Å². The Labute approximate surface area is 115 Å². The molecule has 0 aromatic carbocycles. The summed E-state index contributed by atoms with van der Waals surface area (Å²) in [7, 11) is 0. The van der Waals surface area contributed by atoms with Gasteiger partial charge in [-0.1, -0.05) is 25.7 Å². The van der Waals surface area contributed by atoms with Gasteiger partial charge >= 0.3 is 0 Å². The molecular weight excluding hydrogens is 244 g/mol. The molecule has 3 N–H and O–H groups in total. The van der Waals surface area contributed by atoms with Crippen molar-refractivity contribution in [1.82, 2.24) is 5.32 Å². The number of rotatable bonds is 3. The van der Waals surface area contributed by atoms with Gasteiger partial charge in [-0.15, -0.1) is 0 Å². The zero-order chi connectivity index (χ0) is 13.0. The molecule has 2 rings (SSSR count). The largest absolute Gasteiger partial charge is 0.352 e. The summed E-state index contributed by atoms with van der Waals surface area (Å²) < 4.78 is 0. The van der Waals surface area contributed by atoms with E-state index < -0.39 is 5.54 Å². The van der Waals surface area contributed by atoms with Gasteiger partial charge in [0.05, 0.1) is 5.54 Å².